The van der Waals surface area contributed by atoms with E-state index in [2.05, 4.69) is 42.5 Å². The van der Waals surface area contributed by atoms with Crippen LogP contribution in [0.4, 0.5) is 0 Å². The maximum atomic E-state index is 9.52. The molecule has 0 N–H and O–H groups in total. The van der Waals surface area contributed by atoms with Gasteiger partial charge in [-0.3, -0.25) is 0 Å². The number of hydrogen-bond donors (Lipinski definition) is 0. The molecule has 45 heavy (non-hydrogen) atoms. The van der Waals surface area contributed by atoms with Crippen molar-refractivity contribution in [3.05, 3.63) is 170 Å². The molecule has 8 aromatic carbocycles. The molecule has 0 aliphatic carbocycles. The van der Waals surface area contributed by atoms with Crippen LogP contribution >= 0.6 is 0 Å². The first kappa shape index (κ1) is 21.7. The van der Waals surface area contributed by atoms with E-state index in [-0.39, 0.29) is 24.2 Å². The largest absolute Gasteiger partial charge is 0.455 e. The van der Waals surface area contributed by atoms with Crippen LogP contribution in [0.5, 0.6) is 0 Å². The minimum absolute atomic E-state index is 0.0793. The fourth-order valence-corrected chi connectivity index (χ4v) is 6.79. The Morgan fingerprint density at radius 1 is 0.400 bits per heavy atom. The van der Waals surface area contributed by atoms with Crippen LogP contribution in [0, 0.1) is 0 Å². The summed E-state index contributed by atoms with van der Waals surface area (Å²) in [6.45, 7) is 0. The predicted molar refractivity (Wildman–Crippen MR) is 190 cm³/mol. The molecule has 0 radical (unpaired) electrons. The number of hydrogen-bond acceptors (Lipinski definition) is 1. The van der Waals surface area contributed by atoms with Crippen LogP contribution in [0.25, 0.3) is 88.0 Å². The smallest absolute Gasteiger partial charge is 0.143 e. The van der Waals surface area contributed by atoms with E-state index >= 15 is 0 Å². The van der Waals surface area contributed by atoms with Crippen molar-refractivity contribution in [1.29, 1.82) is 0 Å². The normalized spacial score (nSPS) is 12.8. The summed E-state index contributed by atoms with van der Waals surface area (Å²) in [6.07, 6.45) is 0. The van der Waals surface area contributed by atoms with E-state index in [1.807, 2.05) is 103 Å². The van der Waals surface area contributed by atoms with Gasteiger partial charge in [0.15, 0.2) is 0 Å². The fourth-order valence-electron chi connectivity index (χ4n) is 6.79. The van der Waals surface area contributed by atoms with E-state index in [4.69, 9.17) is 7.16 Å². The Hall–Kier alpha value is -5.92. The standard InChI is InChI=1S/C44H28O/c1-3-14-29(15-4-1)31-18-13-19-32(28-31)41-34-20-7-9-22-36(34)42(37-23-10-8-21-35(37)41)39-27-26-33(30-16-5-2-6-17-30)44-43(39)38-24-11-12-25-40(38)45-44/h1-28H/i13D,18D,19D,28D. The molecular weight excluding hydrogens is 544 g/mol. The van der Waals surface area contributed by atoms with Gasteiger partial charge in [0, 0.05) is 16.3 Å². The number of fused-ring (bicyclic) bond motifs is 5. The highest BCUT2D eigenvalue weighted by Gasteiger charge is 2.22. The molecule has 9 rings (SSSR count). The third-order valence-electron chi connectivity index (χ3n) is 8.75. The summed E-state index contributed by atoms with van der Waals surface area (Å²) in [5.74, 6) is 0. The van der Waals surface area contributed by atoms with Gasteiger partial charge in [-0.05, 0) is 78.7 Å². The average Bonchev–Trinajstić information content (AvgIpc) is 3.54. The lowest BCUT2D eigenvalue weighted by atomic mass is 9.84. The fraction of sp³-hybridized carbons (Fsp3) is 0. The molecule has 0 saturated heterocycles. The van der Waals surface area contributed by atoms with Crippen LogP contribution in [0.1, 0.15) is 5.48 Å². The molecule has 0 aliphatic rings. The molecule has 1 heterocycles. The summed E-state index contributed by atoms with van der Waals surface area (Å²) in [5.41, 5.74) is 7.93. The summed E-state index contributed by atoms with van der Waals surface area (Å²) >= 11 is 0. The molecule has 210 valence electrons. The van der Waals surface area contributed by atoms with Crippen molar-refractivity contribution in [2.45, 2.75) is 0 Å². The molecule has 1 heteroatoms. The Balaban J connectivity index is 1.43. The third kappa shape index (κ3) is 4.09. The van der Waals surface area contributed by atoms with Crippen molar-refractivity contribution in [2.24, 2.45) is 0 Å². The monoisotopic (exact) mass is 576 g/mol. The molecule has 0 atom stereocenters. The second-order valence-corrected chi connectivity index (χ2v) is 11.3. The zero-order valence-corrected chi connectivity index (χ0v) is 24.3. The van der Waals surface area contributed by atoms with Crippen molar-refractivity contribution in [3.8, 4) is 44.5 Å². The lowest BCUT2D eigenvalue weighted by Gasteiger charge is -2.19. The van der Waals surface area contributed by atoms with Gasteiger partial charge in [0.25, 0.3) is 0 Å². The van der Waals surface area contributed by atoms with Crippen molar-refractivity contribution in [2.75, 3.05) is 0 Å². The molecule has 9 aromatic rings. The molecule has 0 bridgehead atoms. The topological polar surface area (TPSA) is 13.1 Å². The maximum absolute atomic E-state index is 9.52. The lowest BCUT2D eigenvalue weighted by Crippen LogP contribution is -1.92. The zero-order valence-electron chi connectivity index (χ0n) is 28.3. The van der Waals surface area contributed by atoms with Crippen LogP contribution in [-0.4, -0.2) is 0 Å². The average molecular weight is 577 g/mol. The van der Waals surface area contributed by atoms with Crippen LogP contribution in [0.15, 0.2) is 174 Å². The van der Waals surface area contributed by atoms with Gasteiger partial charge in [-0.1, -0.05) is 152 Å². The van der Waals surface area contributed by atoms with Crippen LogP contribution < -0.4 is 0 Å². The first-order valence-electron chi connectivity index (χ1n) is 17.1. The van der Waals surface area contributed by atoms with Crippen molar-refractivity contribution in [1.82, 2.24) is 0 Å². The summed E-state index contributed by atoms with van der Waals surface area (Å²) < 4.78 is 43.0. The second kappa shape index (κ2) is 10.4. The highest BCUT2D eigenvalue weighted by Crippen LogP contribution is 2.48. The van der Waals surface area contributed by atoms with Gasteiger partial charge in [0.2, 0.25) is 0 Å². The Labute approximate surface area is 267 Å². The van der Waals surface area contributed by atoms with Gasteiger partial charge < -0.3 is 4.42 Å². The van der Waals surface area contributed by atoms with E-state index < -0.39 is 0 Å². The highest BCUT2D eigenvalue weighted by atomic mass is 16.3. The van der Waals surface area contributed by atoms with Gasteiger partial charge in [-0.25, -0.2) is 0 Å². The molecule has 0 unspecified atom stereocenters. The first-order chi connectivity index (χ1) is 24.0. The third-order valence-corrected chi connectivity index (χ3v) is 8.75. The van der Waals surface area contributed by atoms with Gasteiger partial charge in [0.1, 0.15) is 11.2 Å². The van der Waals surface area contributed by atoms with Crippen molar-refractivity contribution >= 4 is 43.5 Å². The SMILES string of the molecule is [2H]c1c([2H])c(-c2ccccc2)c([2H])c(-c2c3ccccc3c(-c3ccc(-c4ccccc4)c4oc5ccccc5c34)c3ccccc23)c1[2H]. The Bertz CT molecular complexity index is 2690. The molecular formula is C44H28O. The Morgan fingerprint density at radius 3 is 1.58 bits per heavy atom. The minimum atomic E-state index is -0.190. The Morgan fingerprint density at radius 2 is 0.911 bits per heavy atom. The number of benzene rings is 8. The Kier molecular flexibility index (Phi) is 5.00. The molecule has 0 amide bonds. The molecule has 0 fully saturated rings. The van der Waals surface area contributed by atoms with E-state index in [9.17, 15) is 2.74 Å². The highest BCUT2D eigenvalue weighted by molar-refractivity contribution is 6.26. The molecule has 0 aliphatic heterocycles. The van der Waals surface area contributed by atoms with Crippen LogP contribution in [0.2, 0.25) is 0 Å². The van der Waals surface area contributed by atoms with Gasteiger partial charge in [0.05, 0.1) is 5.48 Å². The van der Waals surface area contributed by atoms with E-state index in [1.165, 1.54) is 0 Å². The van der Waals surface area contributed by atoms with Crippen LogP contribution in [0.3, 0.4) is 0 Å². The van der Waals surface area contributed by atoms with Crippen molar-refractivity contribution < 1.29 is 9.90 Å². The van der Waals surface area contributed by atoms with Gasteiger partial charge in [-0.2, -0.15) is 0 Å². The summed E-state index contributed by atoms with van der Waals surface area (Å²) in [6, 6.07) is 48.1. The predicted octanol–water partition coefficient (Wildman–Crippen LogP) is 12.6. The molecule has 1 aromatic heterocycles. The number of para-hydroxylation sites is 1. The molecule has 0 saturated carbocycles. The molecule has 0 spiro atoms. The quantitative estimate of drug-likeness (QED) is 0.190. The lowest BCUT2D eigenvalue weighted by molar-refractivity contribution is 0.670. The second-order valence-electron chi connectivity index (χ2n) is 11.3. The zero-order chi connectivity index (χ0) is 33.2. The number of rotatable bonds is 4. The van der Waals surface area contributed by atoms with Crippen LogP contribution in [-0.2, 0) is 0 Å². The van der Waals surface area contributed by atoms with Gasteiger partial charge >= 0.3 is 0 Å². The van der Waals surface area contributed by atoms with Gasteiger partial charge in [-0.15, -0.1) is 0 Å². The molecule has 1 nitrogen and oxygen atoms in total. The minimum Gasteiger partial charge on any atom is -0.455 e. The summed E-state index contributed by atoms with van der Waals surface area (Å²) in [5, 5.41) is 5.75. The van der Waals surface area contributed by atoms with E-state index in [0.29, 0.717) is 16.7 Å². The number of furan rings is 1. The summed E-state index contributed by atoms with van der Waals surface area (Å²) in [4.78, 5) is 0. The maximum Gasteiger partial charge on any atom is 0.143 e. The van der Waals surface area contributed by atoms with Crippen molar-refractivity contribution in [3.63, 3.8) is 0 Å². The van der Waals surface area contributed by atoms with E-state index in [0.717, 1.165) is 71.3 Å². The summed E-state index contributed by atoms with van der Waals surface area (Å²) in [7, 11) is 0. The first-order valence-corrected chi connectivity index (χ1v) is 15.1. The van der Waals surface area contributed by atoms with E-state index in [1.54, 1.807) is 0 Å².